The molecule has 16 heavy (non-hydrogen) atoms. The summed E-state index contributed by atoms with van der Waals surface area (Å²) in [5.74, 6) is 0.996. The lowest BCUT2D eigenvalue weighted by molar-refractivity contribution is 0.911. The zero-order valence-corrected chi connectivity index (χ0v) is 10.2. The maximum absolute atomic E-state index is 4.21. The fourth-order valence-electron chi connectivity index (χ4n) is 1.99. The normalized spacial score (nSPS) is 10.7. The average Bonchev–Trinajstić information content (AvgIpc) is 2.63. The van der Waals surface area contributed by atoms with E-state index in [1.165, 1.54) is 22.4 Å². The Balaban J connectivity index is 2.04. The van der Waals surface area contributed by atoms with Gasteiger partial charge in [-0.15, -0.1) is 0 Å². The molecular weight excluding hydrogens is 196 g/mol. The van der Waals surface area contributed by atoms with Crippen LogP contribution in [0.25, 0.3) is 0 Å². The summed E-state index contributed by atoms with van der Waals surface area (Å²) in [6.07, 6.45) is 4.04. The summed E-state index contributed by atoms with van der Waals surface area (Å²) in [6.45, 7) is 6.30. The van der Waals surface area contributed by atoms with E-state index in [-0.39, 0.29) is 0 Å². The Morgan fingerprint density at radius 2 is 1.94 bits per heavy atom. The molecule has 2 aromatic rings. The Morgan fingerprint density at radius 3 is 2.56 bits per heavy atom. The fourth-order valence-corrected chi connectivity index (χ4v) is 1.99. The number of hydrogen-bond donors (Lipinski definition) is 1. The van der Waals surface area contributed by atoms with E-state index in [0.29, 0.717) is 0 Å². The first-order chi connectivity index (χ1) is 7.65. The smallest absolute Gasteiger partial charge is 0.103 e. The predicted molar refractivity (Wildman–Crippen MR) is 66.6 cm³/mol. The molecule has 1 aromatic carbocycles. The lowest BCUT2D eigenvalue weighted by atomic mass is 10.0. The lowest BCUT2D eigenvalue weighted by Gasteiger charge is -2.05. The number of nitrogens with one attached hydrogen (secondary N) is 1. The Morgan fingerprint density at radius 1 is 1.12 bits per heavy atom. The molecule has 1 aromatic heterocycles. The van der Waals surface area contributed by atoms with Crippen LogP contribution in [0.5, 0.6) is 0 Å². The van der Waals surface area contributed by atoms with Gasteiger partial charge < -0.3 is 4.98 Å². The van der Waals surface area contributed by atoms with Crippen LogP contribution >= 0.6 is 0 Å². The van der Waals surface area contributed by atoms with Crippen LogP contribution in [-0.2, 0) is 12.8 Å². The monoisotopic (exact) mass is 214 g/mol. The molecule has 0 aliphatic heterocycles. The van der Waals surface area contributed by atoms with Crippen molar-refractivity contribution in [3.8, 4) is 0 Å². The third-order valence-electron chi connectivity index (χ3n) is 2.92. The van der Waals surface area contributed by atoms with Crippen molar-refractivity contribution >= 4 is 0 Å². The van der Waals surface area contributed by atoms with Gasteiger partial charge >= 0.3 is 0 Å². The van der Waals surface area contributed by atoms with Gasteiger partial charge in [0.05, 0.1) is 0 Å². The van der Waals surface area contributed by atoms with Crippen molar-refractivity contribution in [2.45, 2.75) is 33.6 Å². The molecule has 2 rings (SSSR count). The topological polar surface area (TPSA) is 28.7 Å². The minimum atomic E-state index is 0.996. The predicted octanol–water partition coefficient (Wildman–Crippen LogP) is 3.12. The maximum Gasteiger partial charge on any atom is 0.103 e. The summed E-state index contributed by atoms with van der Waals surface area (Å²) < 4.78 is 0. The van der Waals surface area contributed by atoms with Crippen molar-refractivity contribution in [1.29, 1.82) is 0 Å². The highest BCUT2D eigenvalue weighted by Crippen LogP contribution is 2.13. The van der Waals surface area contributed by atoms with E-state index in [1.54, 1.807) is 0 Å². The molecule has 0 atom stereocenters. The van der Waals surface area contributed by atoms with Gasteiger partial charge in [-0.2, -0.15) is 0 Å². The van der Waals surface area contributed by atoms with E-state index in [2.05, 4.69) is 42.0 Å². The number of rotatable bonds is 3. The van der Waals surface area contributed by atoms with Crippen LogP contribution in [0.15, 0.2) is 24.4 Å². The number of aromatic amines is 1. The van der Waals surface area contributed by atoms with Crippen molar-refractivity contribution in [3.05, 3.63) is 52.6 Å². The van der Waals surface area contributed by atoms with Gasteiger partial charge in [0.1, 0.15) is 5.82 Å². The van der Waals surface area contributed by atoms with Crippen LogP contribution in [0.1, 0.15) is 28.2 Å². The Bertz CT molecular complexity index is 483. The molecule has 0 spiro atoms. The first kappa shape index (κ1) is 10.9. The molecular formula is C14H18N2. The number of nitrogens with zero attached hydrogens (tertiary/aromatic N) is 1. The molecule has 0 saturated heterocycles. The highest BCUT2D eigenvalue weighted by atomic mass is 14.9. The van der Waals surface area contributed by atoms with E-state index in [1.807, 2.05) is 13.1 Å². The molecule has 0 aliphatic carbocycles. The quantitative estimate of drug-likeness (QED) is 0.835. The molecule has 84 valence electrons. The Labute approximate surface area is 96.7 Å². The Kier molecular flexibility index (Phi) is 3.09. The largest absolute Gasteiger partial charge is 0.346 e. The Hall–Kier alpha value is -1.57. The molecule has 0 fully saturated rings. The maximum atomic E-state index is 4.21. The van der Waals surface area contributed by atoms with Gasteiger partial charge in [0.2, 0.25) is 0 Å². The number of benzene rings is 1. The minimum absolute atomic E-state index is 0.996. The molecule has 1 N–H and O–H groups in total. The number of hydrogen-bond acceptors (Lipinski definition) is 1. The van der Waals surface area contributed by atoms with Gasteiger partial charge in [-0.25, -0.2) is 4.98 Å². The van der Waals surface area contributed by atoms with Crippen LogP contribution < -0.4 is 0 Å². The van der Waals surface area contributed by atoms with Gasteiger partial charge in [-0.3, -0.25) is 0 Å². The van der Waals surface area contributed by atoms with E-state index in [0.717, 1.165) is 18.7 Å². The average molecular weight is 214 g/mol. The molecule has 2 nitrogen and oxygen atoms in total. The first-order valence-corrected chi connectivity index (χ1v) is 5.72. The second-order valence-corrected chi connectivity index (χ2v) is 4.42. The lowest BCUT2D eigenvalue weighted by Crippen LogP contribution is -1.95. The third kappa shape index (κ3) is 2.51. The van der Waals surface area contributed by atoms with E-state index < -0.39 is 0 Å². The number of H-pyrrole nitrogens is 1. The van der Waals surface area contributed by atoms with Crippen LogP contribution in [0.4, 0.5) is 0 Å². The standard InChI is InChI=1S/C14H18N2/c1-10-4-5-13(11(2)8-10)6-7-14-9-15-12(3)16-14/h4-5,8-9H,6-7H2,1-3H3,(H,15,16). The fraction of sp³-hybridized carbons (Fsp3) is 0.357. The van der Waals surface area contributed by atoms with Crippen molar-refractivity contribution in [2.24, 2.45) is 0 Å². The van der Waals surface area contributed by atoms with Crippen LogP contribution in [0.3, 0.4) is 0 Å². The molecule has 2 heteroatoms. The third-order valence-corrected chi connectivity index (χ3v) is 2.92. The minimum Gasteiger partial charge on any atom is -0.346 e. The highest BCUT2D eigenvalue weighted by Gasteiger charge is 2.01. The summed E-state index contributed by atoms with van der Waals surface area (Å²) in [7, 11) is 0. The summed E-state index contributed by atoms with van der Waals surface area (Å²) in [5.41, 5.74) is 5.37. The van der Waals surface area contributed by atoms with E-state index >= 15 is 0 Å². The number of aromatic nitrogens is 2. The molecule has 0 bridgehead atoms. The zero-order valence-electron chi connectivity index (χ0n) is 10.2. The summed E-state index contributed by atoms with van der Waals surface area (Å²) in [5, 5.41) is 0. The molecule has 0 radical (unpaired) electrons. The van der Waals surface area contributed by atoms with Crippen molar-refractivity contribution in [2.75, 3.05) is 0 Å². The van der Waals surface area contributed by atoms with E-state index in [9.17, 15) is 0 Å². The summed E-state index contributed by atoms with van der Waals surface area (Å²) >= 11 is 0. The summed E-state index contributed by atoms with van der Waals surface area (Å²) in [6, 6.07) is 6.65. The summed E-state index contributed by atoms with van der Waals surface area (Å²) in [4.78, 5) is 7.48. The zero-order chi connectivity index (χ0) is 11.5. The van der Waals surface area contributed by atoms with Gasteiger partial charge in [-0.1, -0.05) is 23.8 Å². The van der Waals surface area contributed by atoms with Crippen molar-refractivity contribution < 1.29 is 0 Å². The van der Waals surface area contributed by atoms with Crippen LogP contribution in [0, 0.1) is 20.8 Å². The second-order valence-electron chi connectivity index (χ2n) is 4.42. The van der Waals surface area contributed by atoms with Crippen molar-refractivity contribution in [1.82, 2.24) is 9.97 Å². The molecule has 0 saturated carbocycles. The first-order valence-electron chi connectivity index (χ1n) is 5.72. The van der Waals surface area contributed by atoms with Crippen molar-refractivity contribution in [3.63, 3.8) is 0 Å². The molecule has 1 heterocycles. The highest BCUT2D eigenvalue weighted by molar-refractivity contribution is 5.30. The van der Waals surface area contributed by atoms with Gasteiger partial charge in [0, 0.05) is 11.9 Å². The van der Waals surface area contributed by atoms with Crippen LogP contribution in [-0.4, -0.2) is 9.97 Å². The molecule has 0 unspecified atom stereocenters. The van der Waals surface area contributed by atoms with Gasteiger partial charge in [0.15, 0.2) is 0 Å². The number of aryl methyl sites for hydroxylation is 5. The van der Waals surface area contributed by atoms with Gasteiger partial charge in [0.25, 0.3) is 0 Å². The van der Waals surface area contributed by atoms with E-state index in [4.69, 9.17) is 0 Å². The van der Waals surface area contributed by atoms with Gasteiger partial charge in [-0.05, 0) is 44.7 Å². The SMILES string of the molecule is Cc1ccc(CCc2cnc(C)[nH]2)c(C)c1. The number of imidazole rings is 1. The molecule has 0 amide bonds. The second kappa shape index (κ2) is 4.52. The van der Waals surface area contributed by atoms with Crippen LogP contribution in [0.2, 0.25) is 0 Å². The molecule has 0 aliphatic rings.